The third-order valence-corrected chi connectivity index (χ3v) is 6.57. The number of halogens is 3. The normalized spacial score (nSPS) is 23.7. The summed E-state index contributed by atoms with van der Waals surface area (Å²) in [4.78, 5) is 0.0637. The summed E-state index contributed by atoms with van der Waals surface area (Å²) in [5.74, 6) is 0. The minimum atomic E-state index is -3.47. The molecule has 108 valence electrons. The highest BCUT2D eigenvalue weighted by atomic mass is 35.5. The van der Waals surface area contributed by atoms with Gasteiger partial charge >= 0.3 is 0 Å². The van der Waals surface area contributed by atoms with E-state index in [4.69, 9.17) is 28.9 Å². The molecule has 1 aromatic carbocycles. The first-order valence-electron chi connectivity index (χ1n) is 5.86. The number of benzene rings is 1. The van der Waals surface area contributed by atoms with Crippen LogP contribution in [0.5, 0.6) is 0 Å². The van der Waals surface area contributed by atoms with E-state index in [1.54, 1.807) is 18.2 Å². The second-order valence-electron chi connectivity index (χ2n) is 4.63. The molecule has 0 aromatic heterocycles. The minimum Gasteiger partial charge on any atom is -0.328 e. The standard InChI is InChI=1S/C12H15Cl2NO2S.ClH/c13-10-2-1-3-11(14)12(10)18(16,17)9-6-4-8(15)5-7-9;/h1-3,8-9H,4-7,15H2;1H. The van der Waals surface area contributed by atoms with E-state index in [0.717, 1.165) is 12.8 Å². The van der Waals surface area contributed by atoms with E-state index >= 15 is 0 Å². The molecular weight excluding hydrogens is 329 g/mol. The molecule has 0 radical (unpaired) electrons. The molecule has 0 heterocycles. The lowest BCUT2D eigenvalue weighted by Gasteiger charge is -2.26. The summed E-state index contributed by atoms with van der Waals surface area (Å²) in [7, 11) is -3.47. The van der Waals surface area contributed by atoms with Crippen molar-refractivity contribution in [1.82, 2.24) is 0 Å². The van der Waals surface area contributed by atoms with Crippen LogP contribution in [-0.2, 0) is 9.84 Å². The number of nitrogens with two attached hydrogens (primary N) is 1. The Kier molecular flexibility index (Phi) is 5.96. The lowest BCUT2D eigenvalue weighted by Crippen LogP contribution is -2.33. The molecule has 7 heteroatoms. The van der Waals surface area contributed by atoms with Gasteiger partial charge in [-0.3, -0.25) is 0 Å². The van der Waals surface area contributed by atoms with Crippen molar-refractivity contribution in [2.75, 3.05) is 0 Å². The Morgan fingerprint density at radius 2 is 1.53 bits per heavy atom. The van der Waals surface area contributed by atoms with Crippen LogP contribution in [0, 0.1) is 0 Å². The molecule has 1 saturated carbocycles. The van der Waals surface area contributed by atoms with Gasteiger partial charge in [-0.2, -0.15) is 0 Å². The molecule has 2 N–H and O–H groups in total. The van der Waals surface area contributed by atoms with Gasteiger partial charge in [0.15, 0.2) is 9.84 Å². The highest BCUT2D eigenvalue weighted by Gasteiger charge is 2.33. The smallest absolute Gasteiger partial charge is 0.184 e. The molecule has 1 aromatic rings. The number of sulfone groups is 1. The maximum Gasteiger partial charge on any atom is 0.184 e. The van der Waals surface area contributed by atoms with E-state index in [9.17, 15) is 8.42 Å². The lowest BCUT2D eigenvalue weighted by molar-refractivity contribution is 0.434. The van der Waals surface area contributed by atoms with Crippen LogP contribution in [0.1, 0.15) is 25.7 Å². The fourth-order valence-electron chi connectivity index (χ4n) is 2.32. The monoisotopic (exact) mass is 343 g/mol. The van der Waals surface area contributed by atoms with Gasteiger partial charge in [-0.25, -0.2) is 8.42 Å². The summed E-state index contributed by atoms with van der Waals surface area (Å²) in [5, 5.41) is -0.0376. The molecule has 3 nitrogen and oxygen atoms in total. The van der Waals surface area contributed by atoms with Gasteiger partial charge in [0, 0.05) is 6.04 Å². The Balaban J connectivity index is 0.00000180. The van der Waals surface area contributed by atoms with Gasteiger partial charge in [0.1, 0.15) is 4.90 Å². The molecule has 0 spiro atoms. The number of hydrogen-bond acceptors (Lipinski definition) is 3. The van der Waals surface area contributed by atoms with E-state index < -0.39 is 15.1 Å². The molecule has 0 amide bonds. The minimum absolute atomic E-state index is 0. The SMILES string of the molecule is Cl.NC1CCC(S(=O)(=O)c2c(Cl)cccc2Cl)CC1. The molecule has 0 saturated heterocycles. The zero-order chi connectivity index (χ0) is 13.3. The van der Waals surface area contributed by atoms with Gasteiger partial charge in [-0.05, 0) is 37.8 Å². The molecule has 0 bridgehead atoms. The Morgan fingerprint density at radius 3 is 2.00 bits per heavy atom. The summed E-state index contributed by atoms with van der Waals surface area (Å²) < 4.78 is 25.1. The Bertz CT molecular complexity index is 520. The van der Waals surface area contributed by atoms with Crippen molar-refractivity contribution in [2.24, 2.45) is 5.73 Å². The van der Waals surface area contributed by atoms with Crippen LogP contribution < -0.4 is 5.73 Å². The van der Waals surface area contributed by atoms with Gasteiger partial charge in [-0.15, -0.1) is 12.4 Å². The maximum atomic E-state index is 12.5. The van der Waals surface area contributed by atoms with Crippen molar-refractivity contribution in [1.29, 1.82) is 0 Å². The second kappa shape index (κ2) is 6.64. The van der Waals surface area contributed by atoms with Gasteiger partial charge < -0.3 is 5.73 Å². The zero-order valence-corrected chi connectivity index (χ0v) is 13.3. The van der Waals surface area contributed by atoms with E-state index in [-0.39, 0.29) is 33.4 Å². The summed E-state index contributed by atoms with van der Waals surface area (Å²) in [6, 6.07) is 4.85. The summed E-state index contributed by atoms with van der Waals surface area (Å²) in [6.45, 7) is 0. The van der Waals surface area contributed by atoms with Gasteiger partial charge in [-0.1, -0.05) is 29.3 Å². The van der Waals surface area contributed by atoms with Crippen LogP contribution in [0.2, 0.25) is 10.0 Å². The molecule has 1 aliphatic carbocycles. The fourth-order valence-corrected chi connectivity index (χ4v) is 5.27. The lowest BCUT2D eigenvalue weighted by atomic mass is 9.96. The first-order valence-corrected chi connectivity index (χ1v) is 8.16. The second-order valence-corrected chi connectivity index (χ2v) is 7.61. The molecule has 2 rings (SSSR count). The molecular formula is C12H16Cl3NO2S. The van der Waals surface area contributed by atoms with Crippen LogP contribution >= 0.6 is 35.6 Å². The van der Waals surface area contributed by atoms with Crippen LogP contribution in [0.3, 0.4) is 0 Å². The summed E-state index contributed by atoms with van der Waals surface area (Å²) in [5.41, 5.74) is 5.79. The Labute approximate surface area is 129 Å². The maximum absolute atomic E-state index is 12.5. The van der Waals surface area contributed by atoms with Crippen molar-refractivity contribution < 1.29 is 8.42 Å². The first-order chi connectivity index (χ1) is 8.43. The number of hydrogen-bond donors (Lipinski definition) is 1. The van der Waals surface area contributed by atoms with Crippen molar-refractivity contribution in [3.63, 3.8) is 0 Å². The number of rotatable bonds is 2. The third kappa shape index (κ3) is 3.56. The molecule has 0 atom stereocenters. The van der Waals surface area contributed by atoms with Crippen molar-refractivity contribution in [2.45, 2.75) is 41.9 Å². The Morgan fingerprint density at radius 1 is 1.05 bits per heavy atom. The highest BCUT2D eigenvalue weighted by Crippen LogP contribution is 2.35. The van der Waals surface area contributed by atoms with E-state index in [2.05, 4.69) is 0 Å². The van der Waals surface area contributed by atoms with Crippen LogP contribution in [0.15, 0.2) is 23.1 Å². The highest BCUT2D eigenvalue weighted by molar-refractivity contribution is 7.92. The van der Waals surface area contributed by atoms with E-state index in [0.29, 0.717) is 12.8 Å². The zero-order valence-electron chi connectivity index (χ0n) is 10.2. The average molecular weight is 345 g/mol. The van der Waals surface area contributed by atoms with Crippen LogP contribution in [-0.4, -0.2) is 19.7 Å². The van der Waals surface area contributed by atoms with E-state index in [1.807, 2.05) is 0 Å². The fraction of sp³-hybridized carbons (Fsp3) is 0.500. The van der Waals surface area contributed by atoms with E-state index in [1.165, 1.54) is 0 Å². The van der Waals surface area contributed by atoms with Gasteiger partial charge in [0.25, 0.3) is 0 Å². The molecule has 19 heavy (non-hydrogen) atoms. The largest absolute Gasteiger partial charge is 0.328 e. The van der Waals surface area contributed by atoms with Crippen molar-refractivity contribution in [3.8, 4) is 0 Å². The van der Waals surface area contributed by atoms with Crippen LogP contribution in [0.25, 0.3) is 0 Å². The molecule has 0 unspecified atom stereocenters. The summed E-state index contributed by atoms with van der Waals surface area (Å²) >= 11 is 11.9. The average Bonchev–Trinajstić information content (AvgIpc) is 2.29. The molecule has 1 aliphatic rings. The van der Waals surface area contributed by atoms with Crippen LogP contribution in [0.4, 0.5) is 0 Å². The molecule has 1 fully saturated rings. The summed E-state index contributed by atoms with van der Waals surface area (Å²) in [6.07, 6.45) is 2.61. The predicted molar refractivity (Wildman–Crippen MR) is 81.1 cm³/mol. The van der Waals surface area contributed by atoms with Gasteiger partial charge in [0.05, 0.1) is 15.3 Å². The first kappa shape index (κ1) is 17.1. The third-order valence-electron chi connectivity index (χ3n) is 3.36. The van der Waals surface area contributed by atoms with Gasteiger partial charge in [0.2, 0.25) is 0 Å². The molecule has 0 aliphatic heterocycles. The Hall–Kier alpha value is -0.000000000000000111. The quantitative estimate of drug-likeness (QED) is 0.893. The topological polar surface area (TPSA) is 60.2 Å². The van der Waals surface area contributed by atoms with Crippen molar-refractivity contribution >= 4 is 45.4 Å². The predicted octanol–water partition coefficient (Wildman–Crippen LogP) is 3.46. The van der Waals surface area contributed by atoms with Crippen molar-refractivity contribution in [3.05, 3.63) is 28.2 Å².